The molecule has 21 heavy (non-hydrogen) atoms. The lowest BCUT2D eigenvalue weighted by molar-refractivity contribution is 0.624. The molecule has 0 aliphatic rings. The van der Waals surface area contributed by atoms with Gasteiger partial charge in [-0.1, -0.05) is 12.1 Å². The lowest BCUT2D eigenvalue weighted by Crippen LogP contribution is -2.13. The van der Waals surface area contributed by atoms with Gasteiger partial charge < -0.3 is 5.73 Å². The van der Waals surface area contributed by atoms with Crippen LogP contribution in [-0.4, -0.2) is 9.97 Å². The molecule has 0 aliphatic heterocycles. The average molecular weight is 299 g/mol. The number of benzene rings is 1. The predicted molar refractivity (Wildman–Crippen MR) is 82.4 cm³/mol. The zero-order chi connectivity index (χ0) is 14.7. The second kappa shape index (κ2) is 6.11. The fourth-order valence-electron chi connectivity index (χ4n) is 2.07. The first-order chi connectivity index (χ1) is 10.2. The number of thiazole rings is 1. The van der Waals surface area contributed by atoms with Gasteiger partial charge in [-0.3, -0.25) is 4.98 Å². The van der Waals surface area contributed by atoms with Crippen molar-refractivity contribution < 1.29 is 4.39 Å². The Hall–Kier alpha value is -2.11. The van der Waals surface area contributed by atoms with Crippen LogP contribution in [0.3, 0.4) is 0 Å². The number of rotatable bonds is 4. The Morgan fingerprint density at radius 1 is 1.19 bits per heavy atom. The van der Waals surface area contributed by atoms with Crippen molar-refractivity contribution in [2.75, 3.05) is 0 Å². The molecule has 0 spiro atoms. The van der Waals surface area contributed by atoms with Crippen LogP contribution in [0.25, 0.3) is 11.3 Å². The molecule has 5 heteroatoms. The van der Waals surface area contributed by atoms with Gasteiger partial charge >= 0.3 is 0 Å². The lowest BCUT2D eigenvalue weighted by Gasteiger charge is -2.09. The van der Waals surface area contributed by atoms with E-state index in [1.54, 1.807) is 35.9 Å². The number of halogens is 1. The topological polar surface area (TPSA) is 51.8 Å². The van der Waals surface area contributed by atoms with Gasteiger partial charge in [-0.25, -0.2) is 9.37 Å². The van der Waals surface area contributed by atoms with Gasteiger partial charge in [0.25, 0.3) is 0 Å². The summed E-state index contributed by atoms with van der Waals surface area (Å²) < 4.78 is 12.9. The van der Waals surface area contributed by atoms with E-state index in [9.17, 15) is 4.39 Å². The minimum Gasteiger partial charge on any atom is -0.324 e. The van der Waals surface area contributed by atoms with Crippen molar-refractivity contribution in [3.63, 3.8) is 0 Å². The SMILES string of the molecule is NC(Cc1nc(-c2cccnc2)cs1)c1ccc(F)cc1. The summed E-state index contributed by atoms with van der Waals surface area (Å²) in [5, 5.41) is 2.97. The van der Waals surface area contributed by atoms with E-state index in [1.807, 2.05) is 17.5 Å². The van der Waals surface area contributed by atoms with Crippen molar-refractivity contribution in [3.8, 4) is 11.3 Å². The highest BCUT2D eigenvalue weighted by Gasteiger charge is 2.11. The van der Waals surface area contributed by atoms with E-state index < -0.39 is 0 Å². The van der Waals surface area contributed by atoms with E-state index in [2.05, 4.69) is 9.97 Å². The Morgan fingerprint density at radius 3 is 2.71 bits per heavy atom. The lowest BCUT2D eigenvalue weighted by atomic mass is 10.1. The quantitative estimate of drug-likeness (QED) is 0.801. The van der Waals surface area contributed by atoms with Crippen LogP contribution in [0.1, 0.15) is 16.6 Å². The summed E-state index contributed by atoms with van der Waals surface area (Å²) in [6.45, 7) is 0. The first kappa shape index (κ1) is 13.9. The van der Waals surface area contributed by atoms with Crippen LogP contribution in [-0.2, 0) is 6.42 Å². The molecule has 106 valence electrons. The third kappa shape index (κ3) is 3.32. The van der Waals surface area contributed by atoms with Gasteiger partial charge in [-0.05, 0) is 29.8 Å². The Balaban J connectivity index is 1.74. The van der Waals surface area contributed by atoms with Crippen molar-refractivity contribution >= 4 is 11.3 Å². The molecule has 2 aromatic heterocycles. The maximum absolute atomic E-state index is 12.9. The van der Waals surface area contributed by atoms with Gasteiger partial charge in [0.1, 0.15) is 5.82 Å². The highest BCUT2D eigenvalue weighted by molar-refractivity contribution is 7.09. The Labute approximate surface area is 126 Å². The zero-order valence-corrected chi connectivity index (χ0v) is 12.1. The van der Waals surface area contributed by atoms with Gasteiger partial charge in [0.2, 0.25) is 0 Å². The van der Waals surface area contributed by atoms with Gasteiger partial charge in [0.15, 0.2) is 0 Å². The van der Waals surface area contributed by atoms with Crippen LogP contribution in [0.4, 0.5) is 4.39 Å². The molecule has 0 saturated heterocycles. The molecular formula is C16H14FN3S. The molecule has 2 heterocycles. The summed E-state index contributed by atoms with van der Waals surface area (Å²) in [6, 6.07) is 9.98. The minimum absolute atomic E-state index is 0.182. The molecule has 3 aromatic rings. The molecule has 0 amide bonds. The number of pyridine rings is 1. The summed E-state index contributed by atoms with van der Waals surface area (Å²) in [5.41, 5.74) is 8.98. The fourth-order valence-corrected chi connectivity index (χ4v) is 2.93. The van der Waals surface area contributed by atoms with Crippen LogP contribution >= 0.6 is 11.3 Å². The van der Waals surface area contributed by atoms with Crippen molar-refractivity contribution in [3.05, 3.63) is 70.6 Å². The van der Waals surface area contributed by atoms with Crippen LogP contribution in [0.5, 0.6) is 0 Å². The number of nitrogens with two attached hydrogens (primary N) is 1. The van der Waals surface area contributed by atoms with E-state index in [0.717, 1.165) is 21.8 Å². The number of hydrogen-bond donors (Lipinski definition) is 1. The number of nitrogens with zero attached hydrogens (tertiary/aromatic N) is 2. The normalized spacial score (nSPS) is 12.3. The molecule has 2 N–H and O–H groups in total. The molecule has 1 aromatic carbocycles. The van der Waals surface area contributed by atoms with Crippen molar-refractivity contribution in [2.45, 2.75) is 12.5 Å². The number of hydrogen-bond acceptors (Lipinski definition) is 4. The number of aromatic nitrogens is 2. The fraction of sp³-hybridized carbons (Fsp3) is 0.125. The molecule has 3 rings (SSSR count). The summed E-state index contributed by atoms with van der Waals surface area (Å²) >= 11 is 1.58. The molecule has 1 atom stereocenters. The molecule has 0 fully saturated rings. The first-order valence-electron chi connectivity index (χ1n) is 6.58. The maximum Gasteiger partial charge on any atom is 0.123 e. The molecule has 1 unspecified atom stereocenters. The summed E-state index contributed by atoms with van der Waals surface area (Å²) in [4.78, 5) is 8.68. The van der Waals surface area contributed by atoms with Crippen LogP contribution < -0.4 is 5.73 Å². The molecule has 0 bridgehead atoms. The summed E-state index contributed by atoms with van der Waals surface area (Å²) in [6.07, 6.45) is 4.16. The molecule has 0 radical (unpaired) electrons. The van der Waals surface area contributed by atoms with Crippen LogP contribution in [0.2, 0.25) is 0 Å². The highest BCUT2D eigenvalue weighted by Crippen LogP contribution is 2.24. The van der Waals surface area contributed by atoms with Gasteiger partial charge in [-0.15, -0.1) is 11.3 Å². The smallest absolute Gasteiger partial charge is 0.123 e. The van der Waals surface area contributed by atoms with E-state index in [4.69, 9.17) is 5.73 Å². The summed E-state index contributed by atoms with van der Waals surface area (Å²) in [7, 11) is 0. The van der Waals surface area contributed by atoms with E-state index >= 15 is 0 Å². The zero-order valence-electron chi connectivity index (χ0n) is 11.2. The van der Waals surface area contributed by atoms with Crippen molar-refractivity contribution in [1.82, 2.24) is 9.97 Å². The molecule has 3 nitrogen and oxygen atoms in total. The van der Waals surface area contributed by atoms with Crippen molar-refractivity contribution in [1.29, 1.82) is 0 Å². The molecule has 0 saturated carbocycles. The second-order valence-electron chi connectivity index (χ2n) is 4.73. The minimum atomic E-state index is -0.251. The Morgan fingerprint density at radius 2 is 2.00 bits per heavy atom. The largest absolute Gasteiger partial charge is 0.324 e. The standard InChI is InChI=1S/C16H14FN3S/c17-13-5-3-11(4-6-13)14(18)8-16-20-15(10-21-16)12-2-1-7-19-9-12/h1-7,9-10,14H,8,18H2. The van der Waals surface area contributed by atoms with E-state index in [1.165, 1.54) is 12.1 Å². The monoisotopic (exact) mass is 299 g/mol. The third-order valence-electron chi connectivity index (χ3n) is 3.20. The maximum atomic E-state index is 12.9. The van der Waals surface area contributed by atoms with Crippen molar-refractivity contribution in [2.24, 2.45) is 5.73 Å². The van der Waals surface area contributed by atoms with Crippen LogP contribution in [0.15, 0.2) is 54.2 Å². The Bertz CT molecular complexity index is 710. The Kier molecular flexibility index (Phi) is 4.03. The molecule has 0 aliphatic carbocycles. The van der Waals surface area contributed by atoms with Gasteiger partial charge in [0.05, 0.1) is 10.7 Å². The second-order valence-corrected chi connectivity index (χ2v) is 5.67. The predicted octanol–water partition coefficient (Wildman–Crippen LogP) is 3.59. The van der Waals surface area contributed by atoms with Gasteiger partial charge in [0, 0.05) is 35.8 Å². The third-order valence-corrected chi connectivity index (χ3v) is 4.07. The first-order valence-corrected chi connectivity index (χ1v) is 7.46. The van der Waals surface area contributed by atoms with E-state index in [0.29, 0.717) is 6.42 Å². The molecular weight excluding hydrogens is 285 g/mol. The van der Waals surface area contributed by atoms with E-state index in [-0.39, 0.29) is 11.9 Å². The highest BCUT2D eigenvalue weighted by atomic mass is 32.1. The van der Waals surface area contributed by atoms with Gasteiger partial charge in [-0.2, -0.15) is 0 Å². The summed E-state index contributed by atoms with van der Waals surface area (Å²) in [5.74, 6) is -0.251. The average Bonchev–Trinajstić information content (AvgIpc) is 2.97. The van der Waals surface area contributed by atoms with Crippen LogP contribution in [0, 0.1) is 5.82 Å².